The second kappa shape index (κ2) is 6.59. The summed E-state index contributed by atoms with van der Waals surface area (Å²) in [5.41, 5.74) is 2.71. The first-order valence-corrected chi connectivity index (χ1v) is 7.99. The molecule has 0 saturated heterocycles. The minimum absolute atomic E-state index is 0.161. The summed E-state index contributed by atoms with van der Waals surface area (Å²) < 4.78 is 5.53. The summed E-state index contributed by atoms with van der Waals surface area (Å²) in [6, 6.07) is 6.82. The van der Waals surface area contributed by atoms with E-state index in [1.807, 2.05) is 0 Å². The largest absolute Gasteiger partial charge is 0.493 e. The molecule has 2 N–H and O–H groups in total. The van der Waals surface area contributed by atoms with Crippen molar-refractivity contribution in [2.75, 3.05) is 13.2 Å². The fourth-order valence-electron chi connectivity index (χ4n) is 3.32. The number of benzene rings is 1. The average Bonchev–Trinajstić information content (AvgIpc) is 2.83. The average molecular weight is 275 g/mol. The van der Waals surface area contributed by atoms with Crippen molar-refractivity contribution in [2.24, 2.45) is 0 Å². The number of aliphatic hydroxyl groups is 1. The third-order valence-electron chi connectivity index (χ3n) is 4.55. The molecule has 20 heavy (non-hydrogen) atoms. The molecule has 110 valence electrons. The van der Waals surface area contributed by atoms with Crippen LogP contribution in [-0.4, -0.2) is 30.4 Å². The van der Waals surface area contributed by atoms with Gasteiger partial charge < -0.3 is 15.2 Å². The first kappa shape index (κ1) is 13.9. The molecule has 0 bridgehead atoms. The lowest BCUT2D eigenvalue weighted by atomic mass is 10.0. The van der Waals surface area contributed by atoms with E-state index in [2.05, 4.69) is 23.5 Å². The smallest absolute Gasteiger partial charge is 0.122 e. The number of hydrogen-bond acceptors (Lipinski definition) is 3. The van der Waals surface area contributed by atoms with Crippen LogP contribution in [0.15, 0.2) is 18.2 Å². The molecule has 1 aromatic rings. The van der Waals surface area contributed by atoms with Crippen molar-refractivity contribution in [3.05, 3.63) is 29.3 Å². The summed E-state index contributed by atoms with van der Waals surface area (Å²) in [6.07, 6.45) is 7.64. The Hall–Kier alpha value is -1.06. The highest BCUT2D eigenvalue weighted by atomic mass is 16.5. The van der Waals surface area contributed by atoms with Crippen LogP contribution >= 0.6 is 0 Å². The zero-order chi connectivity index (χ0) is 13.8. The Balaban J connectivity index is 1.49. The van der Waals surface area contributed by atoms with Crippen molar-refractivity contribution in [3.63, 3.8) is 0 Å². The van der Waals surface area contributed by atoms with Gasteiger partial charge in [-0.2, -0.15) is 0 Å². The van der Waals surface area contributed by atoms with E-state index in [-0.39, 0.29) is 12.1 Å². The molecule has 2 aliphatic rings. The minimum atomic E-state index is -0.161. The Morgan fingerprint density at radius 3 is 3.05 bits per heavy atom. The lowest BCUT2D eigenvalue weighted by molar-refractivity contribution is 0.120. The lowest BCUT2D eigenvalue weighted by Gasteiger charge is -2.21. The zero-order valence-electron chi connectivity index (χ0n) is 12.1. The Morgan fingerprint density at radius 1 is 1.20 bits per heavy atom. The summed E-state index contributed by atoms with van der Waals surface area (Å²) in [7, 11) is 0. The fraction of sp³-hybridized carbons (Fsp3) is 0.647. The Bertz CT molecular complexity index is 447. The van der Waals surface area contributed by atoms with Gasteiger partial charge in [-0.25, -0.2) is 0 Å². The molecule has 1 heterocycles. The number of ether oxygens (including phenoxy) is 1. The summed E-state index contributed by atoms with van der Waals surface area (Å²) in [4.78, 5) is 0. The standard InChI is InChI=1S/C17H25NO2/c19-16-5-3-1-2-4-15(16)18-10-8-13-6-7-17-14(12-13)9-11-20-17/h6-7,12,15-16,18-19H,1-5,8-11H2. The van der Waals surface area contributed by atoms with Crippen molar-refractivity contribution in [3.8, 4) is 5.75 Å². The summed E-state index contributed by atoms with van der Waals surface area (Å²) >= 11 is 0. The van der Waals surface area contributed by atoms with Crippen LogP contribution in [0.25, 0.3) is 0 Å². The molecule has 1 aliphatic heterocycles. The third kappa shape index (κ3) is 3.33. The van der Waals surface area contributed by atoms with E-state index in [0.29, 0.717) is 0 Å². The number of nitrogens with one attached hydrogen (secondary N) is 1. The van der Waals surface area contributed by atoms with Crippen molar-refractivity contribution < 1.29 is 9.84 Å². The predicted octanol–water partition coefficient (Wildman–Crippen LogP) is 2.45. The first-order chi connectivity index (χ1) is 9.83. The van der Waals surface area contributed by atoms with Gasteiger partial charge in [0.2, 0.25) is 0 Å². The van der Waals surface area contributed by atoms with Gasteiger partial charge >= 0.3 is 0 Å². The van der Waals surface area contributed by atoms with Crippen molar-refractivity contribution in [1.29, 1.82) is 0 Å². The van der Waals surface area contributed by atoms with Crippen LogP contribution in [0.4, 0.5) is 0 Å². The van der Waals surface area contributed by atoms with E-state index in [4.69, 9.17) is 4.74 Å². The van der Waals surface area contributed by atoms with Crippen molar-refractivity contribution >= 4 is 0 Å². The molecule has 3 nitrogen and oxygen atoms in total. The first-order valence-electron chi connectivity index (χ1n) is 7.99. The molecule has 1 aliphatic carbocycles. The highest BCUT2D eigenvalue weighted by Crippen LogP contribution is 2.26. The van der Waals surface area contributed by atoms with Crippen LogP contribution in [0.1, 0.15) is 43.2 Å². The van der Waals surface area contributed by atoms with E-state index in [1.54, 1.807) is 0 Å². The fourth-order valence-corrected chi connectivity index (χ4v) is 3.32. The molecule has 3 heteroatoms. The van der Waals surface area contributed by atoms with Gasteiger partial charge in [0.1, 0.15) is 5.75 Å². The molecule has 0 amide bonds. The lowest BCUT2D eigenvalue weighted by Crippen LogP contribution is -2.40. The van der Waals surface area contributed by atoms with E-state index in [0.717, 1.165) is 44.6 Å². The van der Waals surface area contributed by atoms with Crippen LogP contribution in [0.2, 0.25) is 0 Å². The van der Waals surface area contributed by atoms with Gasteiger partial charge in [0, 0.05) is 12.5 Å². The summed E-state index contributed by atoms with van der Waals surface area (Å²) in [5, 5.41) is 13.6. The van der Waals surface area contributed by atoms with E-state index >= 15 is 0 Å². The molecule has 0 spiro atoms. The summed E-state index contributed by atoms with van der Waals surface area (Å²) in [6.45, 7) is 1.77. The number of rotatable bonds is 4. The van der Waals surface area contributed by atoms with Crippen LogP contribution < -0.4 is 10.1 Å². The molecule has 1 saturated carbocycles. The van der Waals surface area contributed by atoms with E-state index in [9.17, 15) is 5.11 Å². The zero-order valence-corrected chi connectivity index (χ0v) is 12.1. The highest BCUT2D eigenvalue weighted by Gasteiger charge is 2.20. The number of aliphatic hydroxyl groups excluding tert-OH is 1. The Morgan fingerprint density at radius 2 is 2.10 bits per heavy atom. The van der Waals surface area contributed by atoms with Crippen LogP contribution in [0, 0.1) is 0 Å². The monoisotopic (exact) mass is 275 g/mol. The van der Waals surface area contributed by atoms with Gasteiger partial charge in [0.05, 0.1) is 12.7 Å². The van der Waals surface area contributed by atoms with Gasteiger partial charge in [-0.05, 0) is 43.0 Å². The second-order valence-electron chi connectivity index (χ2n) is 6.06. The van der Waals surface area contributed by atoms with Gasteiger partial charge in [0.25, 0.3) is 0 Å². The van der Waals surface area contributed by atoms with Crippen molar-refractivity contribution in [2.45, 2.75) is 57.1 Å². The Labute approximate surface area is 121 Å². The molecule has 2 atom stereocenters. The molecular formula is C17H25NO2. The number of fused-ring (bicyclic) bond motifs is 1. The maximum atomic E-state index is 10.1. The molecular weight excluding hydrogens is 250 g/mol. The number of hydrogen-bond donors (Lipinski definition) is 2. The SMILES string of the molecule is OC1CCCCCC1NCCc1ccc2c(c1)CCO2. The third-order valence-corrected chi connectivity index (χ3v) is 4.55. The molecule has 3 rings (SSSR count). The minimum Gasteiger partial charge on any atom is -0.493 e. The van der Waals surface area contributed by atoms with Gasteiger partial charge in [-0.15, -0.1) is 0 Å². The van der Waals surface area contributed by atoms with Crippen molar-refractivity contribution in [1.82, 2.24) is 5.32 Å². The van der Waals surface area contributed by atoms with Gasteiger partial charge in [-0.1, -0.05) is 31.4 Å². The predicted molar refractivity (Wildman–Crippen MR) is 80.2 cm³/mol. The van der Waals surface area contributed by atoms with Gasteiger partial charge in [0.15, 0.2) is 0 Å². The molecule has 1 fully saturated rings. The molecule has 0 radical (unpaired) electrons. The van der Waals surface area contributed by atoms with Crippen LogP contribution in [0.3, 0.4) is 0 Å². The van der Waals surface area contributed by atoms with Gasteiger partial charge in [-0.3, -0.25) is 0 Å². The second-order valence-corrected chi connectivity index (χ2v) is 6.06. The highest BCUT2D eigenvalue weighted by molar-refractivity contribution is 5.39. The summed E-state index contributed by atoms with van der Waals surface area (Å²) in [5.74, 6) is 1.06. The maximum Gasteiger partial charge on any atom is 0.122 e. The van der Waals surface area contributed by atoms with Crippen LogP contribution in [-0.2, 0) is 12.8 Å². The quantitative estimate of drug-likeness (QED) is 0.829. The maximum absolute atomic E-state index is 10.1. The van der Waals surface area contributed by atoms with E-state index in [1.165, 1.54) is 30.4 Å². The topological polar surface area (TPSA) is 41.5 Å². The molecule has 1 aromatic carbocycles. The molecule has 2 unspecified atom stereocenters. The van der Waals surface area contributed by atoms with E-state index < -0.39 is 0 Å². The van der Waals surface area contributed by atoms with Crippen LogP contribution in [0.5, 0.6) is 5.75 Å². The normalized spacial score (nSPS) is 25.9. The Kier molecular flexibility index (Phi) is 4.58. The molecule has 0 aromatic heterocycles.